The second-order valence-corrected chi connectivity index (χ2v) is 16.1. The Morgan fingerprint density at radius 1 is 0.491 bits per heavy atom. The van der Waals surface area contributed by atoms with E-state index in [1.54, 1.807) is 0 Å². The zero-order chi connectivity index (χ0) is 40.5. The smallest absolute Gasteiger partial charge is 0.305 e. The molecule has 3 N–H and O–H groups in total. The van der Waals surface area contributed by atoms with Gasteiger partial charge in [-0.15, -0.1) is 0 Å². The topological polar surface area (TPSA) is 113 Å². The molecule has 0 spiro atoms. The van der Waals surface area contributed by atoms with Crippen molar-refractivity contribution in [1.82, 2.24) is 0 Å². The molecule has 3 unspecified atom stereocenters. The Balaban J connectivity index is 3.58. The number of ether oxygens (including phenoxy) is 2. The molecular weight excluding hydrogens is 689 g/mol. The molecule has 0 aliphatic rings. The Hall–Kier alpha value is -1.96. The fraction of sp³-hybridized carbons (Fsp3) is 0.833. The van der Waals surface area contributed by atoms with E-state index in [-0.39, 0.29) is 32.0 Å². The summed E-state index contributed by atoms with van der Waals surface area (Å²) in [4.78, 5) is 24.1. The summed E-state index contributed by atoms with van der Waals surface area (Å²) >= 11 is 0. The van der Waals surface area contributed by atoms with Gasteiger partial charge in [-0.2, -0.15) is 0 Å². The summed E-state index contributed by atoms with van der Waals surface area (Å²) in [5.41, 5.74) is 0. The summed E-state index contributed by atoms with van der Waals surface area (Å²) < 4.78 is 10.2. The normalized spacial score (nSPS) is 14.2. The van der Waals surface area contributed by atoms with E-state index < -0.39 is 24.3 Å². The molecule has 0 aromatic heterocycles. The van der Waals surface area contributed by atoms with Gasteiger partial charge in [-0.3, -0.25) is 9.59 Å². The monoisotopic (exact) mass is 777 g/mol. The fourth-order valence-electron chi connectivity index (χ4n) is 6.58. The van der Waals surface area contributed by atoms with E-state index in [0.29, 0.717) is 19.3 Å². The number of hydrogen-bond donors (Lipinski definition) is 3. The Bertz CT molecular complexity index is 929. The van der Waals surface area contributed by atoms with Crippen molar-refractivity contribution in [3.63, 3.8) is 0 Å². The number of hydrogen-bond acceptors (Lipinski definition) is 7. The third kappa shape index (κ3) is 40.1. The van der Waals surface area contributed by atoms with Gasteiger partial charge >= 0.3 is 11.9 Å². The van der Waals surface area contributed by atoms with Gasteiger partial charge in [0.1, 0.15) is 19.3 Å². The van der Waals surface area contributed by atoms with Crippen LogP contribution in [0.3, 0.4) is 0 Å². The predicted molar refractivity (Wildman–Crippen MR) is 231 cm³/mol. The quantitative estimate of drug-likeness (QED) is 0.0322. The highest BCUT2D eigenvalue weighted by Gasteiger charge is 2.16. The van der Waals surface area contributed by atoms with Gasteiger partial charge < -0.3 is 24.8 Å². The molecule has 0 aliphatic heterocycles. The summed E-state index contributed by atoms with van der Waals surface area (Å²) in [6, 6.07) is 0. The van der Waals surface area contributed by atoms with Gasteiger partial charge in [-0.25, -0.2) is 0 Å². The van der Waals surface area contributed by atoms with Crippen molar-refractivity contribution in [2.45, 2.75) is 238 Å². The number of rotatable bonds is 41. The number of carbonyl (C=O) groups excluding carboxylic acids is 2. The number of aliphatic hydroxyl groups is 3. The van der Waals surface area contributed by atoms with Crippen molar-refractivity contribution < 1.29 is 34.4 Å². The first kappa shape index (κ1) is 53.0. The van der Waals surface area contributed by atoms with Crippen LogP contribution < -0.4 is 0 Å². The molecule has 0 aromatic rings. The van der Waals surface area contributed by atoms with Crippen LogP contribution in [0.5, 0.6) is 0 Å². The molecule has 0 saturated carbocycles. The van der Waals surface area contributed by atoms with E-state index in [9.17, 15) is 24.9 Å². The average Bonchev–Trinajstić information content (AvgIpc) is 3.18. The van der Waals surface area contributed by atoms with Gasteiger partial charge in [0.2, 0.25) is 0 Å². The van der Waals surface area contributed by atoms with Gasteiger partial charge in [0, 0.05) is 12.8 Å². The SMILES string of the molecule is CCCCC/C=C\C/C=C\C/C=C\CC(O)C(O)CCCC(=O)OC[C@H](O)COC(=O)CCCCCCCCCCCCCCCCCCCCC(C)CC. The maximum atomic E-state index is 12.0. The Morgan fingerprint density at radius 3 is 1.42 bits per heavy atom. The van der Waals surface area contributed by atoms with Gasteiger partial charge in [0.25, 0.3) is 0 Å². The lowest BCUT2D eigenvalue weighted by Gasteiger charge is -2.16. The lowest BCUT2D eigenvalue weighted by molar-refractivity contribution is -0.152. The molecule has 0 aromatic carbocycles. The van der Waals surface area contributed by atoms with Crippen LogP contribution >= 0.6 is 0 Å². The molecule has 0 radical (unpaired) electrons. The van der Waals surface area contributed by atoms with Crippen LogP contribution in [0, 0.1) is 5.92 Å². The van der Waals surface area contributed by atoms with Gasteiger partial charge in [-0.05, 0) is 57.3 Å². The minimum Gasteiger partial charge on any atom is -0.463 e. The van der Waals surface area contributed by atoms with E-state index in [0.717, 1.165) is 44.4 Å². The molecule has 0 fully saturated rings. The number of carbonyl (C=O) groups is 2. The molecule has 0 rings (SSSR count). The number of unbranched alkanes of at least 4 members (excludes halogenated alkanes) is 20. The molecule has 0 heterocycles. The standard InChI is InChI=1S/C48H88O7/c1-4-6-7-8-9-10-11-21-24-27-30-33-37-45(50)46(51)38-35-40-48(53)55-42-44(49)41-54-47(52)39-34-31-28-25-22-19-17-15-13-12-14-16-18-20-23-26-29-32-36-43(3)5-2/h9-10,21,24,30,33,43-46,49-51H,4-8,11-20,22-23,25-29,31-32,34-42H2,1-3H3/b10-9-,24-21-,33-30-/t43?,44-,45?,46?/m1/s1. The molecular formula is C48H88O7. The third-order valence-electron chi connectivity index (χ3n) is 10.6. The third-order valence-corrected chi connectivity index (χ3v) is 10.6. The number of esters is 2. The first-order valence-corrected chi connectivity index (χ1v) is 23.1. The summed E-state index contributed by atoms with van der Waals surface area (Å²) in [6.45, 7) is 6.44. The molecule has 7 nitrogen and oxygen atoms in total. The Kier molecular flexibility index (Phi) is 40.2. The number of allylic oxidation sites excluding steroid dienone is 5. The van der Waals surface area contributed by atoms with Gasteiger partial charge in [0.05, 0.1) is 12.2 Å². The Labute approximate surface area is 339 Å². The van der Waals surface area contributed by atoms with E-state index >= 15 is 0 Å². The Morgan fingerprint density at radius 2 is 0.927 bits per heavy atom. The minimum absolute atomic E-state index is 0.0725. The molecule has 0 amide bonds. The summed E-state index contributed by atoms with van der Waals surface area (Å²) in [5.74, 6) is 0.0736. The number of aliphatic hydroxyl groups excluding tert-OH is 3. The van der Waals surface area contributed by atoms with Crippen molar-refractivity contribution >= 4 is 11.9 Å². The van der Waals surface area contributed by atoms with Gasteiger partial charge in [-0.1, -0.05) is 192 Å². The van der Waals surface area contributed by atoms with Crippen molar-refractivity contribution in [2.75, 3.05) is 13.2 Å². The lowest BCUT2D eigenvalue weighted by Crippen LogP contribution is -2.26. The molecule has 322 valence electrons. The molecule has 4 atom stereocenters. The first-order valence-electron chi connectivity index (χ1n) is 23.1. The maximum absolute atomic E-state index is 12.0. The largest absolute Gasteiger partial charge is 0.463 e. The van der Waals surface area contributed by atoms with Crippen LogP contribution in [0.1, 0.15) is 220 Å². The van der Waals surface area contributed by atoms with Crippen molar-refractivity contribution in [3.05, 3.63) is 36.5 Å². The van der Waals surface area contributed by atoms with Crippen molar-refractivity contribution in [1.29, 1.82) is 0 Å². The van der Waals surface area contributed by atoms with Crippen LogP contribution in [-0.4, -0.2) is 58.8 Å². The maximum Gasteiger partial charge on any atom is 0.305 e. The first-order chi connectivity index (χ1) is 26.8. The average molecular weight is 777 g/mol. The van der Waals surface area contributed by atoms with E-state index in [1.807, 2.05) is 12.2 Å². The van der Waals surface area contributed by atoms with Gasteiger partial charge in [0.15, 0.2) is 0 Å². The van der Waals surface area contributed by atoms with Crippen LogP contribution in [0.15, 0.2) is 36.5 Å². The van der Waals surface area contributed by atoms with Crippen LogP contribution in [0.25, 0.3) is 0 Å². The predicted octanol–water partition coefficient (Wildman–Crippen LogP) is 12.6. The molecule has 0 saturated heterocycles. The highest BCUT2D eigenvalue weighted by atomic mass is 16.6. The zero-order valence-corrected chi connectivity index (χ0v) is 36.1. The van der Waals surface area contributed by atoms with Crippen LogP contribution in [0.2, 0.25) is 0 Å². The molecule has 0 aliphatic carbocycles. The van der Waals surface area contributed by atoms with Crippen LogP contribution in [-0.2, 0) is 19.1 Å². The molecule has 0 bridgehead atoms. The second kappa shape index (κ2) is 41.7. The summed E-state index contributed by atoms with van der Waals surface area (Å²) in [7, 11) is 0. The highest BCUT2D eigenvalue weighted by molar-refractivity contribution is 5.69. The van der Waals surface area contributed by atoms with Crippen molar-refractivity contribution in [3.8, 4) is 0 Å². The second-order valence-electron chi connectivity index (χ2n) is 16.1. The van der Waals surface area contributed by atoms with Crippen LogP contribution in [0.4, 0.5) is 0 Å². The van der Waals surface area contributed by atoms with E-state index in [4.69, 9.17) is 9.47 Å². The lowest BCUT2D eigenvalue weighted by atomic mass is 9.99. The minimum atomic E-state index is -1.07. The zero-order valence-electron chi connectivity index (χ0n) is 36.1. The molecule has 7 heteroatoms. The fourth-order valence-corrected chi connectivity index (χ4v) is 6.58. The van der Waals surface area contributed by atoms with E-state index in [2.05, 4.69) is 45.1 Å². The highest BCUT2D eigenvalue weighted by Crippen LogP contribution is 2.17. The van der Waals surface area contributed by atoms with E-state index in [1.165, 1.54) is 128 Å². The summed E-state index contributed by atoms with van der Waals surface area (Å²) in [5, 5.41) is 30.5. The van der Waals surface area contributed by atoms with Crippen molar-refractivity contribution in [2.24, 2.45) is 5.92 Å². The molecule has 55 heavy (non-hydrogen) atoms. The summed E-state index contributed by atoms with van der Waals surface area (Å²) in [6.07, 6.45) is 43.9.